The monoisotopic (exact) mass is 575 g/mol. The van der Waals surface area contributed by atoms with Crippen LogP contribution >= 0.6 is 0 Å². The molecule has 1 N–H and O–H groups in total. The van der Waals surface area contributed by atoms with E-state index in [1.54, 1.807) is 24.4 Å². The Bertz CT molecular complexity index is 1880. The van der Waals surface area contributed by atoms with Gasteiger partial charge >= 0.3 is 5.97 Å². The predicted molar refractivity (Wildman–Crippen MR) is 158 cm³/mol. The predicted octanol–water partition coefficient (Wildman–Crippen LogP) is 6.04. The zero-order valence-corrected chi connectivity index (χ0v) is 23.4. The number of nitrogens with zero attached hydrogens (tertiary/aromatic N) is 3. The van der Waals surface area contributed by atoms with E-state index < -0.39 is 11.6 Å². The molecule has 0 bridgehead atoms. The zero-order valence-electron chi connectivity index (χ0n) is 23.4. The lowest BCUT2D eigenvalue weighted by atomic mass is 9.82. The second-order valence-electron chi connectivity index (χ2n) is 12.0. The maximum atomic E-state index is 13.8. The van der Waals surface area contributed by atoms with E-state index in [-0.39, 0.29) is 23.7 Å². The molecule has 0 unspecified atom stereocenters. The van der Waals surface area contributed by atoms with Crippen molar-refractivity contribution in [1.29, 1.82) is 0 Å². The van der Waals surface area contributed by atoms with Gasteiger partial charge in [0, 0.05) is 73.5 Å². The number of carboxylic acids is 1. The van der Waals surface area contributed by atoms with Crippen LogP contribution in [0, 0.1) is 0 Å². The summed E-state index contributed by atoms with van der Waals surface area (Å²) in [6.45, 7) is 0.965. The fourth-order valence-electron chi connectivity index (χ4n) is 6.34. The number of carbonyl (C=O) groups is 3. The van der Waals surface area contributed by atoms with E-state index in [0.717, 1.165) is 41.7 Å². The molecule has 8 rings (SSSR count). The fraction of sp³-hybridized carbons (Fsp3) is 0.294. The van der Waals surface area contributed by atoms with Crippen molar-refractivity contribution in [3.05, 3.63) is 89.6 Å². The summed E-state index contributed by atoms with van der Waals surface area (Å²) in [6, 6.07) is 13.3. The molecule has 1 spiro atoms. The van der Waals surface area contributed by atoms with Gasteiger partial charge in [-0.25, -0.2) is 4.79 Å². The number of likely N-dealkylation sites (tertiary alicyclic amines) is 1. The van der Waals surface area contributed by atoms with Gasteiger partial charge in [-0.3, -0.25) is 14.6 Å². The summed E-state index contributed by atoms with van der Waals surface area (Å²) in [5.74, 6) is 1.05. The van der Waals surface area contributed by atoms with Crippen LogP contribution < -0.4 is 9.47 Å². The Kier molecular flexibility index (Phi) is 5.72. The van der Waals surface area contributed by atoms with Gasteiger partial charge in [-0.2, -0.15) is 0 Å². The van der Waals surface area contributed by atoms with E-state index in [4.69, 9.17) is 9.47 Å². The molecule has 1 amide bonds. The minimum absolute atomic E-state index is 0.0207. The smallest absolute Gasteiger partial charge is 0.337 e. The second kappa shape index (κ2) is 9.55. The Morgan fingerprint density at radius 2 is 1.81 bits per heavy atom. The van der Waals surface area contributed by atoms with E-state index in [9.17, 15) is 19.5 Å². The van der Waals surface area contributed by atoms with Crippen molar-refractivity contribution < 1.29 is 29.0 Å². The topological polar surface area (TPSA) is 111 Å². The molecule has 4 aromatic rings. The standard InChI is InChI=1S/C34H29N3O6/c38-29-17-34(43-30-6-1-20(14-27(29)30)22-13-23(33(40)41)19-35-18-22)8-11-36(12-9-34)32(39)21-15-28-26(7-10-37(28)24-2-3-24)31(16-21)42-25-4-5-25/h1,4,6-7,10,13-16,18-19,24H,2-3,5,8-9,11-12,17H2,(H,40,41). The number of fused-ring (bicyclic) bond motifs is 2. The SMILES string of the molecule is O=C(O)c1cncc(-c2ccc3c(c2)C(=O)CC2(CCN(C(=O)c4cc(OC5=CC5)c5ccn(C6CC6)c5c4)CC2)O3)c1. The first kappa shape index (κ1) is 25.8. The maximum absolute atomic E-state index is 13.8. The number of aromatic carboxylic acids is 1. The number of piperidine rings is 1. The minimum atomic E-state index is -1.06. The zero-order chi connectivity index (χ0) is 29.3. The highest BCUT2D eigenvalue weighted by Gasteiger charge is 2.44. The van der Waals surface area contributed by atoms with E-state index in [1.807, 2.05) is 29.2 Å². The van der Waals surface area contributed by atoms with Crippen LogP contribution in [-0.2, 0) is 0 Å². The molecular formula is C34H29N3O6. The number of ketones is 1. The van der Waals surface area contributed by atoms with E-state index >= 15 is 0 Å². The number of rotatable bonds is 6. The highest BCUT2D eigenvalue weighted by Crippen LogP contribution is 2.43. The number of amides is 1. The number of carboxylic acid groups (broad SMARTS) is 1. The summed E-state index contributed by atoms with van der Waals surface area (Å²) in [7, 11) is 0. The van der Waals surface area contributed by atoms with Crippen molar-refractivity contribution in [2.45, 2.75) is 50.2 Å². The summed E-state index contributed by atoms with van der Waals surface area (Å²) < 4.78 is 14.9. The van der Waals surface area contributed by atoms with Crippen molar-refractivity contribution in [2.75, 3.05) is 13.1 Å². The Labute approximate surface area is 247 Å². The molecule has 216 valence electrons. The first-order valence-electron chi connectivity index (χ1n) is 14.7. The van der Waals surface area contributed by atoms with Gasteiger partial charge in [0.1, 0.15) is 22.9 Å². The fourth-order valence-corrected chi connectivity index (χ4v) is 6.34. The summed E-state index contributed by atoms with van der Waals surface area (Å²) in [5, 5.41) is 10.3. The second-order valence-corrected chi connectivity index (χ2v) is 12.0. The molecule has 2 aromatic carbocycles. The molecule has 4 aliphatic rings. The lowest BCUT2D eigenvalue weighted by Crippen LogP contribution is -2.52. The number of hydrogen-bond acceptors (Lipinski definition) is 6. The maximum Gasteiger partial charge on any atom is 0.337 e. The largest absolute Gasteiger partial charge is 0.486 e. The van der Waals surface area contributed by atoms with Crippen molar-refractivity contribution >= 4 is 28.6 Å². The first-order valence-corrected chi connectivity index (χ1v) is 14.7. The quantitative estimate of drug-likeness (QED) is 0.298. The lowest BCUT2D eigenvalue weighted by molar-refractivity contribution is -0.00572. The number of carbonyl (C=O) groups excluding carboxylic acids is 2. The van der Waals surface area contributed by atoms with Crippen molar-refractivity contribution in [2.24, 2.45) is 0 Å². The third-order valence-electron chi connectivity index (χ3n) is 8.97. The molecule has 2 fully saturated rings. The van der Waals surface area contributed by atoms with E-state index in [0.29, 0.717) is 60.0 Å². The number of hydrogen-bond donors (Lipinski definition) is 1. The number of ether oxygens (including phenoxy) is 2. The molecule has 2 aliphatic carbocycles. The van der Waals surface area contributed by atoms with Crippen LogP contribution in [0.15, 0.2) is 72.9 Å². The van der Waals surface area contributed by atoms with Crippen LogP contribution in [0.1, 0.15) is 75.6 Å². The van der Waals surface area contributed by atoms with Crippen LogP contribution in [0.5, 0.6) is 11.5 Å². The number of benzene rings is 2. The number of pyridine rings is 1. The summed E-state index contributed by atoms with van der Waals surface area (Å²) >= 11 is 0. The van der Waals surface area contributed by atoms with Gasteiger partial charge in [0.25, 0.3) is 5.91 Å². The Morgan fingerprint density at radius 1 is 1.00 bits per heavy atom. The van der Waals surface area contributed by atoms with Gasteiger partial charge in [0.05, 0.1) is 23.1 Å². The van der Waals surface area contributed by atoms with Crippen LogP contribution in [0.3, 0.4) is 0 Å². The third kappa shape index (κ3) is 4.65. The number of aromatic nitrogens is 2. The molecule has 4 heterocycles. The average Bonchev–Trinajstić information content (AvgIpc) is 3.96. The van der Waals surface area contributed by atoms with Gasteiger partial charge < -0.3 is 24.0 Å². The lowest BCUT2D eigenvalue weighted by Gasteiger charge is -2.44. The molecule has 1 saturated carbocycles. The molecule has 9 heteroatoms. The molecule has 0 atom stereocenters. The van der Waals surface area contributed by atoms with Crippen molar-refractivity contribution in [3.8, 4) is 22.6 Å². The minimum Gasteiger partial charge on any atom is -0.486 e. The molecule has 9 nitrogen and oxygen atoms in total. The highest BCUT2D eigenvalue weighted by molar-refractivity contribution is 6.02. The van der Waals surface area contributed by atoms with E-state index in [1.165, 1.54) is 6.20 Å². The summed E-state index contributed by atoms with van der Waals surface area (Å²) in [5.41, 5.74) is 2.86. The number of allylic oxidation sites excluding steroid dienone is 2. The van der Waals surface area contributed by atoms with Gasteiger partial charge in [-0.05, 0) is 60.9 Å². The van der Waals surface area contributed by atoms with Gasteiger partial charge in [-0.15, -0.1) is 0 Å². The Hall–Kier alpha value is -4.92. The van der Waals surface area contributed by atoms with E-state index in [2.05, 4.69) is 21.8 Å². The average molecular weight is 576 g/mol. The molecule has 2 aliphatic heterocycles. The van der Waals surface area contributed by atoms with Gasteiger partial charge in [-0.1, -0.05) is 6.07 Å². The Balaban J connectivity index is 1.01. The third-order valence-corrected chi connectivity index (χ3v) is 8.97. The summed E-state index contributed by atoms with van der Waals surface area (Å²) in [4.78, 5) is 44.4. The molecule has 43 heavy (non-hydrogen) atoms. The van der Waals surface area contributed by atoms with Crippen LogP contribution in [0.25, 0.3) is 22.0 Å². The first-order chi connectivity index (χ1) is 20.9. The van der Waals surface area contributed by atoms with Crippen molar-refractivity contribution in [3.63, 3.8) is 0 Å². The highest BCUT2D eigenvalue weighted by atomic mass is 16.5. The van der Waals surface area contributed by atoms with Gasteiger partial charge in [0.15, 0.2) is 5.78 Å². The Morgan fingerprint density at radius 3 is 2.56 bits per heavy atom. The summed E-state index contributed by atoms with van der Waals surface area (Å²) in [6.07, 6.45) is 11.5. The number of Topliss-reactive ketones (excluding diaryl/α,β-unsaturated/α-hetero) is 1. The van der Waals surface area contributed by atoms with Crippen LogP contribution in [-0.4, -0.2) is 55.9 Å². The normalized spacial score (nSPS) is 18.7. The van der Waals surface area contributed by atoms with Gasteiger partial charge in [0.2, 0.25) is 0 Å². The van der Waals surface area contributed by atoms with Crippen LogP contribution in [0.2, 0.25) is 0 Å². The molecular weight excluding hydrogens is 546 g/mol. The van der Waals surface area contributed by atoms with Crippen molar-refractivity contribution in [1.82, 2.24) is 14.5 Å². The molecule has 2 aromatic heterocycles. The molecule has 0 radical (unpaired) electrons. The molecule has 1 saturated heterocycles. The van der Waals surface area contributed by atoms with Crippen LogP contribution in [0.4, 0.5) is 0 Å².